The Morgan fingerprint density at radius 2 is 1.89 bits per heavy atom. The van der Waals surface area contributed by atoms with Crippen molar-refractivity contribution in [2.75, 3.05) is 12.4 Å². The quantitative estimate of drug-likeness (QED) is 0.555. The van der Waals surface area contributed by atoms with Crippen molar-refractivity contribution in [3.8, 4) is 5.75 Å². The van der Waals surface area contributed by atoms with Crippen LogP contribution in [0.1, 0.15) is 12.5 Å². The van der Waals surface area contributed by atoms with Crippen molar-refractivity contribution >= 4 is 39.8 Å². The molecule has 0 bridgehead atoms. The smallest absolute Gasteiger partial charge is 0.233 e. The number of ether oxygens (including phenoxy) is 1. The van der Waals surface area contributed by atoms with Crippen LogP contribution in [-0.4, -0.2) is 28.5 Å². The molecule has 0 aliphatic carbocycles. The summed E-state index contributed by atoms with van der Waals surface area (Å²) in [5.74, 6) is 0.771. The van der Waals surface area contributed by atoms with Crippen LogP contribution >= 0.6 is 23.1 Å². The van der Waals surface area contributed by atoms with E-state index in [1.165, 1.54) is 23.1 Å². The Labute approximate surface area is 166 Å². The largest absolute Gasteiger partial charge is 0.497 e. The highest BCUT2D eigenvalue weighted by Gasteiger charge is 2.17. The van der Waals surface area contributed by atoms with Gasteiger partial charge in [0.15, 0.2) is 4.34 Å². The molecule has 2 N–H and O–H groups in total. The maximum atomic E-state index is 12.3. The molecule has 3 rings (SSSR count). The second-order valence-corrected chi connectivity index (χ2v) is 8.26. The lowest BCUT2D eigenvalue weighted by Gasteiger charge is -2.10. The van der Waals surface area contributed by atoms with Gasteiger partial charge in [-0.05, 0) is 36.8 Å². The topological polar surface area (TPSA) is 76.1 Å². The van der Waals surface area contributed by atoms with Gasteiger partial charge in [0.25, 0.3) is 0 Å². The molecule has 8 heteroatoms. The molecule has 27 heavy (non-hydrogen) atoms. The van der Waals surface area contributed by atoms with Crippen LogP contribution in [0.4, 0.5) is 10.8 Å². The van der Waals surface area contributed by atoms with Crippen LogP contribution in [0.3, 0.4) is 0 Å². The predicted molar refractivity (Wildman–Crippen MR) is 110 cm³/mol. The lowest BCUT2D eigenvalue weighted by atomic mass is 10.2. The van der Waals surface area contributed by atoms with E-state index in [0.29, 0.717) is 11.7 Å². The summed E-state index contributed by atoms with van der Waals surface area (Å²) < 4.78 is 5.89. The Hall–Kier alpha value is -2.58. The Kier molecular flexibility index (Phi) is 6.67. The molecule has 140 valence electrons. The van der Waals surface area contributed by atoms with Crippen molar-refractivity contribution in [3.63, 3.8) is 0 Å². The third-order valence-corrected chi connectivity index (χ3v) is 5.73. The maximum absolute atomic E-state index is 12.3. The lowest BCUT2D eigenvalue weighted by Crippen LogP contribution is -2.30. The average molecular weight is 401 g/mol. The number of anilines is 2. The maximum Gasteiger partial charge on any atom is 0.233 e. The SMILES string of the molecule is COc1ccc(Nc2nnc(SC(C)C(=O)NCc3ccccc3)s2)cc1. The van der Waals surface area contributed by atoms with E-state index in [-0.39, 0.29) is 11.2 Å². The zero-order valence-corrected chi connectivity index (χ0v) is 16.6. The Morgan fingerprint density at radius 3 is 2.59 bits per heavy atom. The number of hydrogen-bond acceptors (Lipinski definition) is 7. The molecule has 0 saturated heterocycles. The van der Waals surface area contributed by atoms with Crippen molar-refractivity contribution in [2.45, 2.75) is 23.1 Å². The standard InChI is InChI=1S/C19H20N4O2S2/c1-13(17(24)20-12-14-6-4-3-5-7-14)26-19-23-22-18(27-19)21-15-8-10-16(25-2)11-9-15/h3-11,13H,12H2,1-2H3,(H,20,24)(H,21,22). The highest BCUT2D eigenvalue weighted by atomic mass is 32.2. The number of rotatable bonds is 8. The Bertz CT molecular complexity index is 869. The fraction of sp³-hybridized carbons (Fsp3) is 0.211. The number of nitrogens with zero attached hydrogens (tertiary/aromatic N) is 2. The molecule has 1 heterocycles. The summed E-state index contributed by atoms with van der Waals surface area (Å²) in [6, 6.07) is 17.4. The molecule has 3 aromatic rings. The number of carbonyl (C=O) groups excluding carboxylic acids is 1. The Morgan fingerprint density at radius 1 is 1.15 bits per heavy atom. The molecule has 0 aliphatic rings. The van der Waals surface area contributed by atoms with Crippen LogP contribution in [0.2, 0.25) is 0 Å². The number of benzene rings is 2. The summed E-state index contributed by atoms with van der Waals surface area (Å²) in [5.41, 5.74) is 1.97. The van der Waals surface area contributed by atoms with E-state index in [9.17, 15) is 4.79 Å². The summed E-state index contributed by atoms with van der Waals surface area (Å²) in [6.45, 7) is 2.38. The van der Waals surface area contributed by atoms with Crippen LogP contribution in [0.25, 0.3) is 0 Å². The van der Waals surface area contributed by atoms with Crippen molar-refractivity contribution in [3.05, 3.63) is 60.2 Å². The van der Waals surface area contributed by atoms with E-state index in [1.54, 1.807) is 7.11 Å². The minimum Gasteiger partial charge on any atom is -0.497 e. The molecule has 1 aromatic heterocycles. The van der Waals surface area contributed by atoms with Gasteiger partial charge in [-0.2, -0.15) is 0 Å². The molecule has 0 aliphatic heterocycles. The molecule has 6 nitrogen and oxygen atoms in total. The van der Waals surface area contributed by atoms with Gasteiger partial charge in [-0.3, -0.25) is 4.79 Å². The number of hydrogen-bond donors (Lipinski definition) is 2. The molecule has 1 unspecified atom stereocenters. The third-order valence-electron chi connectivity index (χ3n) is 3.70. The highest BCUT2D eigenvalue weighted by Crippen LogP contribution is 2.30. The number of amides is 1. The van der Waals surface area contributed by atoms with Gasteiger partial charge in [0.2, 0.25) is 11.0 Å². The van der Waals surface area contributed by atoms with Crippen LogP contribution < -0.4 is 15.4 Å². The number of aromatic nitrogens is 2. The predicted octanol–water partition coefficient (Wildman–Crippen LogP) is 4.09. The monoisotopic (exact) mass is 400 g/mol. The second-order valence-electron chi connectivity index (χ2n) is 5.69. The molecule has 0 fully saturated rings. The molecule has 2 aromatic carbocycles. The zero-order chi connectivity index (χ0) is 19.1. The summed E-state index contributed by atoms with van der Waals surface area (Å²) in [5, 5.41) is 14.9. The molecule has 0 spiro atoms. The van der Waals surface area contributed by atoms with Gasteiger partial charge in [-0.25, -0.2) is 0 Å². The first-order valence-electron chi connectivity index (χ1n) is 8.37. The lowest BCUT2D eigenvalue weighted by molar-refractivity contribution is -0.120. The molecule has 0 saturated carbocycles. The fourth-order valence-electron chi connectivity index (χ4n) is 2.24. The van der Waals surface area contributed by atoms with Crippen molar-refractivity contribution in [2.24, 2.45) is 0 Å². The first kappa shape index (κ1) is 19.2. The minimum atomic E-state index is -0.254. The first-order valence-corrected chi connectivity index (χ1v) is 10.1. The van der Waals surface area contributed by atoms with Gasteiger partial charge >= 0.3 is 0 Å². The summed E-state index contributed by atoms with van der Waals surface area (Å²) >= 11 is 2.81. The van der Waals surface area contributed by atoms with Gasteiger partial charge in [-0.15, -0.1) is 10.2 Å². The van der Waals surface area contributed by atoms with Crippen molar-refractivity contribution < 1.29 is 9.53 Å². The summed E-state index contributed by atoms with van der Waals surface area (Å²) in [4.78, 5) is 12.3. The van der Waals surface area contributed by atoms with Crippen molar-refractivity contribution in [1.82, 2.24) is 15.5 Å². The van der Waals surface area contributed by atoms with Crippen molar-refractivity contribution in [1.29, 1.82) is 0 Å². The van der Waals surface area contributed by atoms with E-state index in [2.05, 4.69) is 20.8 Å². The molecule has 1 atom stereocenters. The van der Waals surface area contributed by atoms with E-state index in [4.69, 9.17) is 4.74 Å². The molecule has 0 radical (unpaired) electrons. The average Bonchev–Trinajstić information content (AvgIpc) is 3.14. The number of carbonyl (C=O) groups is 1. The Balaban J connectivity index is 1.50. The summed E-state index contributed by atoms with van der Waals surface area (Å²) in [7, 11) is 1.63. The second kappa shape index (κ2) is 9.38. The highest BCUT2D eigenvalue weighted by molar-refractivity contribution is 8.02. The molecular formula is C19H20N4O2S2. The van der Waals surface area contributed by atoms with Gasteiger partial charge in [0.05, 0.1) is 12.4 Å². The number of thioether (sulfide) groups is 1. The van der Waals surface area contributed by atoms with Gasteiger partial charge in [0, 0.05) is 12.2 Å². The van der Waals surface area contributed by atoms with Gasteiger partial charge in [-0.1, -0.05) is 53.4 Å². The normalized spacial score (nSPS) is 11.6. The van der Waals surface area contributed by atoms with E-state index >= 15 is 0 Å². The van der Waals surface area contributed by atoms with E-state index < -0.39 is 0 Å². The molecular weight excluding hydrogens is 380 g/mol. The minimum absolute atomic E-state index is 0.0243. The summed E-state index contributed by atoms with van der Waals surface area (Å²) in [6.07, 6.45) is 0. The first-order chi connectivity index (χ1) is 13.1. The third kappa shape index (κ3) is 5.70. The van der Waals surface area contributed by atoms with E-state index in [0.717, 1.165) is 21.3 Å². The van der Waals surface area contributed by atoms with Crippen LogP contribution in [0.15, 0.2) is 58.9 Å². The fourth-order valence-corrected chi connectivity index (χ4v) is 4.18. The van der Waals surface area contributed by atoms with Gasteiger partial charge < -0.3 is 15.4 Å². The molecule has 1 amide bonds. The van der Waals surface area contributed by atoms with Crippen LogP contribution in [-0.2, 0) is 11.3 Å². The number of nitrogens with one attached hydrogen (secondary N) is 2. The van der Waals surface area contributed by atoms with Crippen LogP contribution in [0.5, 0.6) is 5.75 Å². The zero-order valence-electron chi connectivity index (χ0n) is 15.0. The number of methoxy groups -OCH3 is 1. The van der Waals surface area contributed by atoms with Gasteiger partial charge in [0.1, 0.15) is 5.75 Å². The van der Waals surface area contributed by atoms with E-state index in [1.807, 2.05) is 61.5 Å². The van der Waals surface area contributed by atoms with Crippen LogP contribution in [0, 0.1) is 0 Å².